The first-order valence-electron chi connectivity index (χ1n) is 8.12. The average Bonchev–Trinajstić information content (AvgIpc) is 3.12. The summed E-state index contributed by atoms with van der Waals surface area (Å²) in [5, 5.41) is 3.83. The highest BCUT2D eigenvalue weighted by Crippen LogP contribution is 2.40. The van der Waals surface area contributed by atoms with Crippen molar-refractivity contribution in [2.45, 2.75) is 69.1 Å². The summed E-state index contributed by atoms with van der Waals surface area (Å²) in [6.07, 6.45) is 13.3. The van der Waals surface area contributed by atoms with Gasteiger partial charge in [0.2, 0.25) is 0 Å². The van der Waals surface area contributed by atoms with Crippen molar-refractivity contribution in [2.24, 2.45) is 0 Å². The van der Waals surface area contributed by atoms with Gasteiger partial charge in [-0.1, -0.05) is 12.8 Å². The third kappa shape index (κ3) is 3.10. The molecular weight excluding hydrogens is 282 g/mol. The summed E-state index contributed by atoms with van der Waals surface area (Å²) in [4.78, 5) is 3.23. The zero-order valence-electron chi connectivity index (χ0n) is 12.8. The number of hydrogen-bond donors (Lipinski definition) is 1. The van der Waals surface area contributed by atoms with Crippen molar-refractivity contribution in [3.8, 4) is 0 Å². The van der Waals surface area contributed by atoms with Crippen molar-refractivity contribution in [3.63, 3.8) is 0 Å². The molecule has 0 aromatic carbocycles. The summed E-state index contributed by atoms with van der Waals surface area (Å²) in [6, 6.07) is 3.01. The molecule has 1 unspecified atom stereocenters. The number of rotatable bonds is 5. The molecule has 3 rings (SSSR count). The second kappa shape index (κ2) is 6.41. The zero-order valence-corrected chi connectivity index (χ0v) is 14.5. The van der Waals surface area contributed by atoms with Crippen LogP contribution in [0.2, 0.25) is 0 Å². The second-order valence-corrected chi connectivity index (χ2v) is 8.94. The maximum atomic E-state index is 3.83. The lowest BCUT2D eigenvalue weighted by atomic mass is 9.99. The number of fused-ring (bicyclic) bond motifs is 1. The van der Waals surface area contributed by atoms with Crippen molar-refractivity contribution >= 4 is 23.1 Å². The van der Waals surface area contributed by atoms with Crippen LogP contribution in [-0.4, -0.2) is 17.5 Å². The van der Waals surface area contributed by atoms with Gasteiger partial charge in [-0.15, -0.1) is 11.3 Å². The maximum absolute atomic E-state index is 3.83. The molecule has 1 saturated carbocycles. The normalized spacial score (nSPS) is 22.7. The molecule has 1 nitrogen and oxygen atoms in total. The van der Waals surface area contributed by atoms with E-state index in [-0.39, 0.29) is 0 Å². The lowest BCUT2D eigenvalue weighted by Crippen LogP contribution is -2.36. The third-order valence-corrected chi connectivity index (χ3v) is 7.96. The van der Waals surface area contributed by atoms with Gasteiger partial charge < -0.3 is 5.32 Å². The molecule has 1 aromatic rings. The van der Waals surface area contributed by atoms with E-state index in [0.29, 0.717) is 10.8 Å². The Bertz CT molecular complexity index is 422. The molecule has 2 aliphatic rings. The fourth-order valence-corrected chi connectivity index (χ4v) is 5.85. The van der Waals surface area contributed by atoms with E-state index < -0.39 is 0 Å². The second-order valence-electron chi connectivity index (χ2n) is 6.50. The van der Waals surface area contributed by atoms with Crippen molar-refractivity contribution in [2.75, 3.05) is 12.8 Å². The van der Waals surface area contributed by atoms with Gasteiger partial charge in [0, 0.05) is 27.1 Å². The van der Waals surface area contributed by atoms with E-state index in [1.54, 1.807) is 15.3 Å². The van der Waals surface area contributed by atoms with Gasteiger partial charge in [-0.2, -0.15) is 11.8 Å². The topological polar surface area (TPSA) is 12.0 Å². The van der Waals surface area contributed by atoms with Crippen LogP contribution in [0.25, 0.3) is 0 Å². The lowest BCUT2D eigenvalue weighted by Gasteiger charge is -2.28. The Balaban J connectivity index is 1.61. The van der Waals surface area contributed by atoms with Gasteiger partial charge in [0.05, 0.1) is 0 Å². The number of thioether (sulfide) groups is 1. The minimum absolute atomic E-state index is 0.519. The highest BCUT2D eigenvalue weighted by Gasteiger charge is 2.33. The molecule has 1 fully saturated rings. The smallest absolute Gasteiger partial charge is 0.0386 e. The summed E-state index contributed by atoms with van der Waals surface area (Å²) >= 11 is 4.15. The van der Waals surface area contributed by atoms with Gasteiger partial charge in [0.15, 0.2) is 0 Å². The fourth-order valence-electron chi connectivity index (χ4n) is 3.64. The van der Waals surface area contributed by atoms with E-state index in [4.69, 9.17) is 0 Å². The van der Waals surface area contributed by atoms with Gasteiger partial charge in [0.25, 0.3) is 0 Å². The zero-order chi connectivity index (χ0) is 14.0. The van der Waals surface area contributed by atoms with Crippen LogP contribution in [0.3, 0.4) is 0 Å². The Kier molecular flexibility index (Phi) is 4.79. The van der Waals surface area contributed by atoms with Crippen LogP contribution >= 0.6 is 23.1 Å². The van der Waals surface area contributed by atoms with Gasteiger partial charge in [-0.05, 0) is 63.3 Å². The predicted molar refractivity (Wildman–Crippen MR) is 92.1 cm³/mol. The molecule has 0 saturated heterocycles. The van der Waals surface area contributed by atoms with Gasteiger partial charge >= 0.3 is 0 Å². The van der Waals surface area contributed by atoms with Crippen LogP contribution < -0.4 is 5.32 Å². The van der Waals surface area contributed by atoms with E-state index in [0.717, 1.165) is 0 Å². The minimum atomic E-state index is 0.519. The van der Waals surface area contributed by atoms with E-state index in [2.05, 4.69) is 47.7 Å². The number of nitrogens with one attached hydrogen (secondary N) is 1. The van der Waals surface area contributed by atoms with Gasteiger partial charge in [-0.25, -0.2) is 0 Å². The Labute approximate surface area is 131 Å². The summed E-state index contributed by atoms with van der Waals surface area (Å²) in [7, 11) is 0. The molecule has 0 amide bonds. The fraction of sp³-hybridized carbons (Fsp3) is 0.765. The molecule has 0 radical (unpaired) electrons. The van der Waals surface area contributed by atoms with Crippen molar-refractivity contribution in [3.05, 3.63) is 21.4 Å². The van der Waals surface area contributed by atoms with Crippen LogP contribution in [0.4, 0.5) is 0 Å². The minimum Gasteiger partial charge on any atom is -0.308 e. The van der Waals surface area contributed by atoms with Crippen molar-refractivity contribution in [1.82, 2.24) is 5.32 Å². The largest absolute Gasteiger partial charge is 0.308 e. The van der Waals surface area contributed by atoms with Crippen LogP contribution in [-0.2, 0) is 12.8 Å². The SMILES string of the molecule is CSC1(CNC(C)c2cc3c(s2)CCCC3)CCCC1. The van der Waals surface area contributed by atoms with Crippen LogP contribution in [0.15, 0.2) is 6.07 Å². The predicted octanol–water partition coefficient (Wildman–Crippen LogP) is 4.95. The first-order valence-corrected chi connectivity index (χ1v) is 10.2. The monoisotopic (exact) mass is 309 g/mol. The average molecular weight is 310 g/mol. The van der Waals surface area contributed by atoms with Crippen molar-refractivity contribution in [1.29, 1.82) is 0 Å². The Morgan fingerprint density at radius 1 is 1.25 bits per heavy atom. The molecule has 1 heterocycles. The molecule has 3 heteroatoms. The molecule has 112 valence electrons. The Hall–Kier alpha value is 0.01000. The van der Waals surface area contributed by atoms with Gasteiger partial charge in [0.1, 0.15) is 0 Å². The van der Waals surface area contributed by atoms with E-state index >= 15 is 0 Å². The van der Waals surface area contributed by atoms with Crippen LogP contribution in [0.5, 0.6) is 0 Å². The lowest BCUT2D eigenvalue weighted by molar-refractivity contribution is 0.490. The molecule has 2 aliphatic carbocycles. The first-order chi connectivity index (χ1) is 9.72. The molecule has 20 heavy (non-hydrogen) atoms. The van der Waals surface area contributed by atoms with Crippen LogP contribution in [0, 0.1) is 0 Å². The Morgan fingerprint density at radius 3 is 2.70 bits per heavy atom. The summed E-state index contributed by atoms with van der Waals surface area (Å²) in [5.74, 6) is 0. The van der Waals surface area contributed by atoms with E-state index in [9.17, 15) is 0 Å². The standard InChI is InChI=1S/C17H27NS2/c1-13(18-12-17(19-2)9-5-6-10-17)16-11-14-7-3-4-8-15(14)20-16/h11,13,18H,3-10,12H2,1-2H3. The van der Waals surface area contributed by atoms with Crippen molar-refractivity contribution < 1.29 is 0 Å². The molecular formula is C17H27NS2. The molecule has 1 N–H and O–H groups in total. The molecule has 1 aromatic heterocycles. The van der Waals surface area contributed by atoms with Crippen LogP contribution in [0.1, 0.15) is 66.8 Å². The van der Waals surface area contributed by atoms with E-state index in [1.165, 1.54) is 57.9 Å². The van der Waals surface area contributed by atoms with Gasteiger partial charge in [-0.3, -0.25) is 0 Å². The van der Waals surface area contributed by atoms with E-state index in [1.807, 2.05) is 0 Å². The molecule has 0 aliphatic heterocycles. The quantitative estimate of drug-likeness (QED) is 0.825. The number of hydrogen-bond acceptors (Lipinski definition) is 3. The highest BCUT2D eigenvalue weighted by molar-refractivity contribution is 8.00. The highest BCUT2D eigenvalue weighted by atomic mass is 32.2. The first kappa shape index (κ1) is 14.9. The third-order valence-electron chi connectivity index (χ3n) is 5.12. The molecule has 0 spiro atoms. The molecule has 1 atom stereocenters. The number of thiophene rings is 1. The number of aryl methyl sites for hydroxylation is 2. The summed E-state index contributed by atoms with van der Waals surface area (Å²) < 4.78 is 0.519. The molecule has 0 bridgehead atoms. The summed E-state index contributed by atoms with van der Waals surface area (Å²) in [6.45, 7) is 3.53. The Morgan fingerprint density at radius 2 is 2.00 bits per heavy atom. The maximum Gasteiger partial charge on any atom is 0.0386 e. The summed E-state index contributed by atoms with van der Waals surface area (Å²) in [5.41, 5.74) is 1.64.